The van der Waals surface area contributed by atoms with Gasteiger partial charge in [0.05, 0.1) is 0 Å². The molecule has 0 atom stereocenters. The second-order valence-electron chi connectivity index (χ2n) is 1.62. The predicted molar refractivity (Wildman–Crippen MR) is 40.1 cm³/mol. The van der Waals surface area contributed by atoms with Crippen LogP contribution in [0.25, 0.3) is 4.98 Å². The van der Waals surface area contributed by atoms with Gasteiger partial charge in [0.1, 0.15) is 5.75 Å². The summed E-state index contributed by atoms with van der Waals surface area (Å²) in [6.07, 6.45) is 0. The van der Waals surface area contributed by atoms with Crippen LogP contribution < -0.4 is 12.4 Å². The van der Waals surface area contributed by atoms with Crippen LogP contribution in [0.3, 0.4) is 0 Å². The van der Waals surface area contributed by atoms with Gasteiger partial charge in [-0.3, -0.25) is 0 Å². The van der Waals surface area contributed by atoms with E-state index in [1.54, 1.807) is 0 Å². The van der Waals surface area contributed by atoms with Crippen molar-refractivity contribution in [2.75, 3.05) is 0 Å². The van der Waals surface area contributed by atoms with Crippen LogP contribution >= 0.6 is 12.4 Å². The van der Waals surface area contributed by atoms with Gasteiger partial charge in [0.2, 0.25) is 5.39 Å². The summed E-state index contributed by atoms with van der Waals surface area (Å²) in [4.78, 5) is 2.90. The molecule has 3 nitrogen and oxygen atoms in total. The van der Waals surface area contributed by atoms with Crippen LogP contribution in [0, 0.1) is 5.39 Å². The van der Waals surface area contributed by atoms with Crippen molar-refractivity contribution in [2.45, 2.75) is 0 Å². The topological polar surface area (TPSA) is 48.4 Å². The number of halogens is 2. The fraction of sp³-hybridized carbons (Fsp3) is 0. The molecule has 0 saturated carbocycles. The van der Waals surface area contributed by atoms with Gasteiger partial charge in [0.15, 0.2) is 4.98 Å². The summed E-state index contributed by atoms with van der Waals surface area (Å²) < 4.78 is 0. The summed E-state index contributed by atoms with van der Waals surface area (Å²) in [5.41, 5.74) is 0.438. The Morgan fingerprint density at radius 1 is 1.17 bits per heavy atom. The van der Waals surface area contributed by atoms with E-state index in [9.17, 15) is 0 Å². The van der Waals surface area contributed by atoms with Crippen LogP contribution in [0.4, 0.5) is 5.69 Å². The molecule has 0 spiro atoms. The molecule has 0 bridgehead atoms. The van der Waals surface area contributed by atoms with Gasteiger partial charge in [-0.25, -0.2) is 0 Å². The summed E-state index contributed by atoms with van der Waals surface area (Å²) in [6.45, 7) is 0. The normalized spacial score (nSPS) is 6.25. The van der Waals surface area contributed by atoms with Crippen molar-refractivity contribution in [3.63, 3.8) is 0 Å². The number of rotatable bonds is 0. The molecule has 0 fully saturated rings. The molecule has 0 unspecified atom stereocenters. The van der Waals surface area contributed by atoms with Crippen LogP contribution in [0.15, 0.2) is 24.3 Å². The van der Waals surface area contributed by atoms with E-state index in [1.165, 1.54) is 24.3 Å². The molecule has 1 aromatic rings. The third-order valence-electron chi connectivity index (χ3n) is 0.965. The molecule has 62 valence electrons. The van der Waals surface area contributed by atoms with Crippen molar-refractivity contribution in [2.24, 2.45) is 0 Å². The van der Waals surface area contributed by atoms with Gasteiger partial charge in [-0.1, -0.05) is 0 Å². The van der Waals surface area contributed by atoms with Crippen molar-refractivity contribution in [1.82, 2.24) is 0 Å². The molecule has 12 heavy (non-hydrogen) atoms. The Morgan fingerprint density at radius 3 is 1.92 bits per heavy atom. The molecule has 1 rings (SSSR count). The number of phenols is 1. The number of nitrogens with zero attached hydrogens (tertiary/aromatic N) is 2. The first-order chi connectivity index (χ1) is 4.33. The maximum atomic E-state index is 8.73. The molecule has 6 heteroatoms. The summed E-state index contributed by atoms with van der Waals surface area (Å²) in [6, 6.07) is 5.93. The van der Waals surface area contributed by atoms with Gasteiger partial charge < -0.3 is 17.5 Å². The van der Waals surface area contributed by atoms with E-state index >= 15 is 0 Å². The van der Waals surface area contributed by atoms with Crippen molar-refractivity contribution in [3.05, 3.63) is 29.2 Å². The minimum Gasteiger partial charge on any atom is -1.00 e. The van der Waals surface area contributed by atoms with E-state index in [2.05, 4.69) is 4.98 Å². The standard InChI is InChI=1S/C6H4N2O.2ClH.Zn/c7-8-5-1-3-6(9)4-2-5;;;/h1-4H;2*1H;. The third kappa shape index (κ3) is 5.31. The Balaban J connectivity index is -0.000000270. The zero-order valence-electron chi connectivity index (χ0n) is 6.14. The van der Waals surface area contributed by atoms with E-state index in [0.717, 1.165) is 0 Å². The second kappa shape index (κ2) is 8.74. The van der Waals surface area contributed by atoms with E-state index in [0.29, 0.717) is 5.69 Å². The molecule has 0 saturated heterocycles. The van der Waals surface area contributed by atoms with E-state index in [-0.39, 0.29) is 50.0 Å². The van der Waals surface area contributed by atoms with Crippen molar-refractivity contribution < 1.29 is 37.0 Å². The Hall–Kier alpha value is -0.357. The van der Waals surface area contributed by atoms with Gasteiger partial charge in [-0.15, -0.1) is 12.4 Å². The molecule has 0 heterocycles. The minimum atomic E-state index is 0. The number of phenolic OH excluding ortho intramolecular Hbond substituents is 1. The Morgan fingerprint density at radius 2 is 1.58 bits per heavy atom. The van der Waals surface area contributed by atoms with Crippen LogP contribution in [-0.2, 0) is 19.5 Å². The average Bonchev–Trinajstić information content (AvgIpc) is 1.90. The Bertz CT molecular complexity index is 247. The fourth-order valence-electron chi connectivity index (χ4n) is 0.519. The van der Waals surface area contributed by atoms with Crippen LogP contribution in [0.2, 0.25) is 0 Å². The molecule has 0 aliphatic heterocycles. The smallest absolute Gasteiger partial charge is 0.385 e. The Kier molecular flexibility index (Phi) is 12.9. The summed E-state index contributed by atoms with van der Waals surface area (Å²) >= 11 is 0. The van der Waals surface area contributed by atoms with Crippen LogP contribution in [-0.4, -0.2) is 5.11 Å². The molecule has 1 N–H and O–H groups in total. The second-order valence-corrected chi connectivity index (χ2v) is 1.62. The zero-order valence-corrected chi connectivity index (χ0v) is 10.7. The first-order valence-corrected chi connectivity index (χ1v) is 2.47. The maximum absolute atomic E-state index is 8.73. The van der Waals surface area contributed by atoms with E-state index in [4.69, 9.17) is 10.5 Å². The van der Waals surface area contributed by atoms with Gasteiger partial charge >= 0.3 is 5.69 Å². The fourth-order valence-corrected chi connectivity index (χ4v) is 0.519. The molecule has 0 aliphatic carbocycles. The Labute approximate surface area is 95.4 Å². The van der Waals surface area contributed by atoms with Crippen molar-refractivity contribution in [1.29, 1.82) is 5.39 Å². The largest absolute Gasteiger partial charge is 1.00 e. The number of benzene rings is 1. The van der Waals surface area contributed by atoms with Crippen molar-refractivity contribution >= 4 is 18.1 Å². The van der Waals surface area contributed by atoms with Gasteiger partial charge in [-0.2, -0.15) is 0 Å². The molecule has 1 aromatic carbocycles. The minimum absolute atomic E-state index is 0. The van der Waals surface area contributed by atoms with Crippen LogP contribution in [0.5, 0.6) is 5.75 Å². The number of diazo groups is 1. The summed E-state index contributed by atoms with van der Waals surface area (Å²) in [5.74, 6) is 0.169. The van der Waals surface area contributed by atoms with Gasteiger partial charge in [0.25, 0.3) is 0 Å². The zero-order chi connectivity index (χ0) is 6.69. The molecule has 0 aliphatic rings. The number of hydrogen-bond acceptors (Lipinski definition) is 2. The summed E-state index contributed by atoms with van der Waals surface area (Å²) in [5, 5.41) is 16.9. The monoisotopic (exact) mass is 256 g/mol. The molecule has 0 radical (unpaired) electrons. The summed E-state index contributed by atoms with van der Waals surface area (Å²) in [7, 11) is 0. The predicted octanol–water partition coefficient (Wildman–Crippen LogP) is -0.700. The molecular formula is C6H6Cl2N2OZn. The number of aromatic hydroxyl groups is 1. The van der Waals surface area contributed by atoms with Crippen LogP contribution in [0.1, 0.15) is 0 Å². The molecular weight excluding hydrogens is 252 g/mol. The molecule has 0 aromatic heterocycles. The first-order valence-electron chi connectivity index (χ1n) is 2.47. The van der Waals surface area contributed by atoms with E-state index < -0.39 is 0 Å². The van der Waals surface area contributed by atoms with Gasteiger partial charge in [0, 0.05) is 31.6 Å². The van der Waals surface area contributed by atoms with Gasteiger partial charge in [-0.05, 0) is 12.1 Å². The molecule has 0 amide bonds. The number of hydrogen-bond donors (Lipinski definition) is 1. The third-order valence-corrected chi connectivity index (χ3v) is 0.965. The first kappa shape index (κ1) is 17.7. The SMILES string of the molecule is Cl.N#[N+]c1ccc(O)cc1.[Cl-].[Zn]. The average molecular weight is 258 g/mol. The van der Waals surface area contributed by atoms with Crippen molar-refractivity contribution in [3.8, 4) is 5.75 Å². The maximum Gasteiger partial charge on any atom is 0.385 e. The quantitative estimate of drug-likeness (QED) is 0.494. The van der Waals surface area contributed by atoms with E-state index in [1.807, 2.05) is 0 Å².